The van der Waals surface area contributed by atoms with Crippen LogP contribution in [0.1, 0.15) is 17.6 Å². The Labute approximate surface area is 157 Å². The molecule has 1 aliphatic rings. The number of hydrogen-bond donors (Lipinski definition) is 1. The fourth-order valence-corrected chi connectivity index (χ4v) is 3.56. The molecule has 7 heteroatoms. The summed E-state index contributed by atoms with van der Waals surface area (Å²) in [6.45, 7) is 8.19. The third kappa shape index (κ3) is 5.94. The van der Waals surface area contributed by atoms with Gasteiger partial charge in [-0.1, -0.05) is 11.6 Å². The molecule has 0 aliphatic carbocycles. The molecule has 1 aromatic heterocycles. The molecule has 1 aliphatic heterocycles. The second-order valence-corrected chi connectivity index (χ2v) is 7.48. The van der Waals surface area contributed by atoms with Gasteiger partial charge in [0.15, 0.2) is 0 Å². The van der Waals surface area contributed by atoms with Gasteiger partial charge < -0.3 is 14.8 Å². The van der Waals surface area contributed by atoms with Crippen LogP contribution in [0.2, 0.25) is 5.02 Å². The monoisotopic (exact) mass is 381 g/mol. The third-order valence-electron chi connectivity index (χ3n) is 4.19. The van der Waals surface area contributed by atoms with Crippen LogP contribution >= 0.6 is 22.9 Å². The molecule has 136 valence electrons. The summed E-state index contributed by atoms with van der Waals surface area (Å²) < 4.78 is 11.1. The van der Waals surface area contributed by atoms with E-state index in [0.717, 1.165) is 55.8 Å². The first-order valence-electron chi connectivity index (χ1n) is 8.55. The van der Waals surface area contributed by atoms with E-state index in [1.54, 1.807) is 11.3 Å². The lowest BCUT2D eigenvalue weighted by molar-refractivity contribution is 0.0203. The average Bonchev–Trinajstić information content (AvgIpc) is 3.10. The van der Waals surface area contributed by atoms with Crippen LogP contribution in [0.3, 0.4) is 0 Å². The van der Waals surface area contributed by atoms with E-state index in [9.17, 15) is 0 Å². The summed E-state index contributed by atoms with van der Waals surface area (Å²) in [4.78, 5) is 7.08. The number of aromatic nitrogens is 1. The molecule has 1 saturated heterocycles. The van der Waals surface area contributed by atoms with Crippen LogP contribution in [0, 0.1) is 0 Å². The van der Waals surface area contributed by atoms with E-state index < -0.39 is 0 Å². The zero-order valence-electron chi connectivity index (χ0n) is 14.4. The Morgan fingerprint density at radius 3 is 2.84 bits per heavy atom. The van der Waals surface area contributed by atoms with E-state index >= 15 is 0 Å². The molecule has 1 atom stereocenters. The van der Waals surface area contributed by atoms with Crippen molar-refractivity contribution in [2.24, 2.45) is 0 Å². The molecular weight excluding hydrogens is 358 g/mol. The number of nitrogens with zero attached hydrogens (tertiary/aromatic N) is 2. The molecule has 0 radical (unpaired) electrons. The highest BCUT2D eigenvalue weighted by Crippen LogP contribution is 2.18. The first-order chi connectivity index (χ1) is 12.2. The summed E-state index contributed by atoms with van der Waals surface area (Å²) in [6.07, 6.45) is 0. The second-order valence-electron chi connectivity index (χ2n) is 6.10. The summed E-state index contributed by atoms with van der Waals surface area (Å²) in [5.74, 6) is 0.804. The van der Waals surface area contributed by atoms with Crippen molar-refractivity contribution in [3.05, 3.63) is 45.4 Å². The summed E-state index contributed by atoms with van der Waals surface area (Å²) in [5.41, 5.74) is 1.06. The van der Waals surface area contributed by atoms with Gasteiger partial charge in [0, 0.05) is 42.6 Å². The van der Waals surface area contributed by atoms with E-state index in [1.165, 1.54) is 0 Å². The van der Waals surface area contributed by atoms with Gasteiger partial charge in [0.05, 0.1) is 18.9 Å². The molecule has 2 heterocycles. The predicted octanol–water partition coefficient (Wildman–Crippen LogP) is 3.19. The number of hydrogen-bond acceptors (Lipinski definition) is 6. The zero-order chi connectivity index (χ0) is 17.5. The van der Waals surface area contributed by atoms with Gasteiger partial charge in [-0.2, -0.15) is 0 Å². The van der Waals surface area contributed by atoms with E-state index in [4.69, 9.17) is 21.1 Å². The number of rotatable bonds is 8. The molecular formula is C18H24ClN3O2S. The van der Waals surface area contributed by atoms with Gasteiger partial charge in [-0.05, 0) is 31.2 Å². The number of halogens is 1. The Bertz CT molecular complexity index is 644. The number of morpholine rings is 1. The quantitative estimate of drug-likeness (QED) is 0.760. The molecule has 25 heavy (non-hydrogen) atoms. The Kier molecular flexibility index (Phi) is 7.07. The van der Waals surface area contributed by atoms with E-state index in [-0.39, 0.29) is 0 Å². The fraction of sp³-hybridized carbons (Fsp3) is 0.500. The number of ether oxygens (including phenoxy) is 2. The van der Waals surface area contributed by atoms with Gasteiger partial charge in [0.25, 0.3) is 0 Å². The number of nitrogens with one attached hydrogen (secondary N) is 1. The topological polar surface area (TPSA) is 46.6 Å². The van der Waals surface area contributed by atoms with Crippen LogP contribution < -0.4 is 10.1 Å². The Morgan fingerprint density at radius 1 is 1.32 bits per heavy atom. The van der Waals surface area contributed by atoms with Crippen molar-refractivity contribution in [1.29, 1.82) is 0 Å². The Morgan fingerprint density at radius 2 is 2.08 bits per heavy atom. The predicted molar refractivity (Wildman–Crippen MR) is 101 cm³/mol. The average molecular weight is 382 g/mol. The van der Waals surface area contributed by atoms with E-state index in [1.807, 2.05) is 24.3 Å². The number of thiazole rings is 1. The van der Waals surface area contributed by atoms with Crippen molar-refractivity contribution in [2.75, 3.05) is 32.8 Å². The largest absolute Gasteiger partial charge is 0.486 e. The molecule has 1 aromatic carbocycles. The smallest absolute Gasteiger partial charge is 0.140 e. The van der Waals surface area contributed by atoms with E-state index in [0.29, 0.717) is 17.7 Å². The van der Waals surface area contributed by atoms with Gasteiger partial charge in [-0.15, -0.1) is 11.3 Å². The van der Waals surface area contributed by atoms with Gasteiger partial charge >= 0.3 is 0 Å². The van der Waals surface area contributed by atoms with Crippen LogP contribution in [0.4, 0.5) is 0 Å². The van der Waals surface area contributed by atoms with Crippen molar-refractivity contribution in [1.82, 2.24) is 15.2 Å². The van der Waals surface area contributed by atoms with Crippen molar-refractivity contribution in [2.45, 2.75) is 26.1 Å². The molecule has 0 saturated carbocycles. The van der Waals surface area contributed by atoms with Gasteiger partial charge in [-0.25, -0.2) is 4.98 Å². The fourth-order valence-electron chi connectivity index (χ4n) is 2.73. The lowest BCUT2D eigenvalue weighted by Gasteiger charge is -2.32. The van der Waals surface area contributed by atoms with Crippen molar-refractivity contribution in [3.8, 4) is 5.75 Å². The first kappa shape index (κ1) is 18.6. The van der Waals surface area contributed by atoms with Crippen molar-refractivity contribution >= 4 is 22.9 Å². The molecule has 1 unspecified atom stereocenters. The summed E-state index contributed by atoms with van der Waals surface area (Å²) in [6, 6.07) is 7.89. The van der Waals surface area contributed by atoms with Crippen LogP contribution in [0.25, 0.3) is 0 Å². The maximum atomic E-state index is 5.87. The molecule has 2 aromatic rings. The summed E-state index contributed by atoms with van der Waals surface area (Å²) in [5, 5.41) is 7.28. The van der Waals surface area contributed by atoms with E-state index in [2.05, 4.69) is 27.5 Å². The number of benzene rings is 1. The van der Waals surface area contributed by atoms with Crippen LogP contribution in [-0.2, 0) is 17.9 Å². The van der Waals surface area contributed by atoms with Gasteiger partial charge in [0.2, 0.25) is 0 Å². The summed E-state index contributed by atoms with van der Waals surface area (Å²) >= 11 is 7.50. The molecule has 0 bridgehead atoms. The third-order valence-corrected chi connectivity index (χ3v) is 5.31. The lowest BCUT2D eigenvalue weighted by atomic mass is 10.2. The normalized spacial score (nSPS) is 16.7. The minimum Gasteiger partial charge on any atom is -0.486 e. The van der Waals surface area contributed by atoms with Crippen molar-refractivity contribution < 1.29 is 9.47 Å². The SMILES string of the molecule is CC(CNCc1csc(COc2ccc(Cl)cc2)n1)N1CCOCC1. The van der Waals surface area contributed by atoms with Crippen LogP contribution in [-0.4, -0.2) is 48.8 Å². The highest BCUT2D eigenvalue weighted by Gasteiger charge is 2.16. The summed E-state index contributed by atoms with van der Waals surface area (Å²) in [7, 11) is 0. The molecule has 5 nitrogen and oxygen atoms in total. The maximum absolute atomic E-state index is 5.87. The highest BCUT2D eigenvalue weighted by atomic mass is 35.5. The van der Waals surface area contributed by atoms with Crippen LogP contribution in [0.15, 0.2) is 29.6 Å². The van der Waals surface area contributed by atoms with Crippen molar-refractivity contribution in [3.63, 3.8) is 0 Å². The van der Waals surface area contributed by atoms with Gasteiger partial charge in [-0.3, -0.25) is 4.90 Å². The second kappa shape index (κ2) is 9.50. The highest BCUT2D eigenvalue weighted by molar-refractivity contribution is 7.09. The molecule has 3 rings (SSSR count). The Hall–Kier alpha value is -1.18. The minimum atomic E-state index is 0.483. The molecule has 0 amide bonds. The van der Waals surface area contributed by atoms with Crippen LogP contribution in [0.5, 0.6) is 5.75 Å². The molecule has 1 N–H and O–H groups in total. The zero-order valence-corrected chi connectivity index (χ0v) is 16.0. The minimum absolute atomic E-state index is 0.483. The maximum Gasteiger partial charge on any atom is 0.140 e. The lowest BCUT2D eigenvalue weighted by Crippen LogP contribution is -2.46. The van der Waals surface area contributed by atoms with Gasteiger partial charge in [0.1, 0.15) is 17.4 Å². The first-order valence-corrected chi connectivity index (χ1v) is 9.80. The molecule has 0 spiro atoms. The standard InChI is InChI=1S/C18H24ClN3O2S/c1-14(22-6-8-23-9-7-22)10-20-11-16-13-25-18(21-16)12-24-17-4-2-15(19)3-5-17/h2-5,13-14,20H,6-12H2,1H3. The molecule has 1 fully saturated rings. The Balaban J connectivity index is 1.38.